The zero-order valence-corrected chi connectivity index (χ0v) is 20.2. The number of rotatable bonds is 2. The smallest absolute Gasteiger partial charge is 0.171 e. The lowest BCUT2D eigenvalue weighted by molar-refractivity contribution is -0.208. The quantitative estimate of drug-likeness (QED) is 0.667. The highest BCUT2D eigenvalue weighted by atomic mass is 16.7. The molecular formula is C28H37NO4. The number of Topliss-reactive ketones (excluding diaryl/α,β-unsaturated/α-hetero) is 1. The van der Waals surface area contributed by atoms with E-state index in [2.05, 4.69) is 50.2 Å². The van der Waals surface area contributed by atoms with Crippen LogP contribution in [0.4, 0.5) is 5.69 Å². The number of anilines is 1. The monoisotopic (exact) mass is 451 g/mol. The summed E-state index contributed by atoms with van der Waals surface area (Å²) in [6.07, 6.45) is 6.45. The van der Waals surface area contributed by atoms with Crippen LogP contribution < -0.4 is 4.90 Å². The van der Waals surface area contributed by atoms with Gasteiger partial charge in [0.2, 0.25) is 0 Å². The third-order valence-corrected chi connectivity index (χ3v) is 9.75. The van der Waals surface area contributed by atoms with E-state index in [9.17, 15) is 9.90 Å². The second-order valence-electron chi connectivity index (χ2n) is 11.6. The van der Waals surface area contributed by atoms with Crippen molar-refractivity contribution in [2.45, 2.75) is 75.6 Å². The van der Waals surface area contributed by atoms with Gasteiger partial charge in [-0.25, -0.2) is 0 Å². The summed E-state index contributed by atoms with van der Waals surface area (Å²) in [5.41, 5.74) is 4.05. The highest BCUT2D eigenvalue weighted by molar-refractivity contribution is 5.87. The van der Waals surface area contributed by atoms with Crippen LogP contribution in [0.25, 0.3) is 0 Å². The van der Waals surface area contributed by atoms with Crippen LogP contribution in [0.1, 0.15) is 69.8 Å². The zero-order valence-electron chi connectivity index (χ0n) is 20.2. The van der Waals surface area contributed by atoms with Gasteiger partial charge in [-0.05, 0) is 67.2 Å². The van der Waals surface area contributed by atoms with E-state index < -0.39 is 11.4 Å². The molecular weight excluding hydrogens is 414 g/mol. The molecule has 1 aromatic carbocycles. The number of hydrogen-bond donors (Lipinski definition) is 1. The van der Waals surface area contributed by atoms with E-state index in [1.165, 1.54) is 22.4 Å². The first kappa shape index (κ1) is 21.8. The molecule has 3 saturated carbocycles. The molecule has 0 radical (unpaired) electrons. The number of benzene rings is 1. The van der Waals surface area contributed by atoms with Crippen molar-refractivity contribution in [3.05, 3.63) is 41.0 Å². The van der Waals surface area contributed by atoms with Crippen LogP contribution in [0.5, 0.6) is 0 Å². The fourth-order valence-electron chi connectivity index (χ4n) is 8.09. The van der Waals surface area contributed by atoms with Gasteiger partial charge in [0.15, 0.2) is 5.79 Å². The first-order valence-corrected chi connectivity index (χ1v) is 12.8. The standard InChI is InChI=1S/C28H37NO4/c1-26-16-21(18-4-6-19(7-5-18)29(2)3)25-20(22(26)8-9-24(26)30)10-12-27(31)17-28(13-11-23(25)27)32-14-15-33-28/h4-7,20-22,31H,8-17H2,1-3H3/t20?,21?,22?,26?,27-/m1/s1. The van der Waals surface area contributed by atoms with E-state index in [4.69, 9.17) is 9.47 Å². The van der Waals surface area contributed by atoms with Gasteiger partial charge in [0.25, 0.3) is 0 Å². The molecule has 1 spiro atoms. The van der Waals surface area contributed by atoms with Gasteiger partial charge in [0.1, 0.15) is 5.78 Å². The maximum absolute atomic E-state index is 13.1. The van der Waals surface area contributed by atoms with Gasteiger partial charge in [-0.15, -0.1) is 0 Å². The predicted molar refractivity (Wildman–Crippen MR) is 127 cm³/mol. The van der Waals surface area contributed by atoms with Crippen LogP contribution in [0.15, 0.2) is 35.4 Å². The Hall–Kier alpha value is -1.69. The van der Waals surface area contributed by atoms with Gasteiger partial charge in [0.05, 0.1) is 18.8 Å². The van der Waals surface area contributed by atoms with Crippen LogP contribution in [0, 0.1) is 17.3 Å². The molecule has 1 aromatic rings. The largest absolute Gasteiger partial charge is 0.385 e. The summed E-state index contributed by atoms with van der Waals surface area (Å²) in [6, 6.07) is 8.86. The van der Waals surface area contributed by atoms with Crippen molar-refractivity contribution in [3.8, 4) is 0 Å². The molecule has 178 valence electrons. The third kappa shape index (κ3) is 3.19. The molecule has 4 aliphatic carbocycles. The number of hydrogen-bond acceptors (Lipinski definition) is 5. The highest BCUT2D eigenvalue weighted by Crippen LogP contribution is 2.64. The molecule has 1 N–H and O–H groups in total. The molecule has 1 saturated heterocycles. The number of ketones is 1. The summed E-state index contributed by atoms with van der Waals surface area (Å²) in [6.45, 7) is 3.47. The van der Waals surface area contributed by atoms with Crippen molar-refractivity contribution in [2.24, 2.45) is 17.3 Å². The molecule has 0 bridgehead atoms. The molecule has 1 aliphatic heterocycles. The lowest BCUT2D eigenvalue weighted by atomic mass is 9.51. The number of allylic oxidation sites excluding steroid dienone is 1. The minimum atomic E-state index is -0.855. The molecule has 1 heterocycles. The van der Waals surface area contributed by atoms with E-state index in [1.54, 1.807) is 0 Å². The lowest BCUT2D eigenvalue weighted by Crippen LogP contribution is -2.53. The number of carbonyl (C=O) groups is 1. The predicted octanol–water partition coefficient (Wildman–Crippen LogP) is 4.59. The van der Waals surface area contributed by atoms with Crippen molar-refractivity contribution < 1.29 is 19.4 Å². The van der Waals surface area contributed by atoms with Gasteiger partial charge in [-0.1, -0.05) is 24.6 Å². The Morgan fingerprint density at radius 3 is 2.45 bits per heavy atom. The number of aliphatic hydroxyl groups is 1. The van der Waals surface area contributed by atoms with Gasteiger partial charge >= 0.3 is 0 Å². The average Bonchev–Trinajstić information content (AvgIpc) is 3.36. The third-order valence-electron chi connectivity index (χ3n) is 9.75. The van der Waals surface area contributed by atoms with E-state index in [-0.39, 0.29) is 11.3 Å². The summed E-state index contributed by atoms with van der Waals surface area (Å²) in [7, 11) is 4.12. The van der Waals surface area contributed by atoms with Crippen LogP contribution in [0.2, 0.25) is 0 Å². The molecule has 33 heavy (non-hydrogen) atoms. The lowest BCUT2D eigenvalue weighted by Gasteiger charge is -2.55. The van der Waals surface area contributed by atoms with Crippen molar-refractivity contribution in [1.82, 2.24) is 0 Å². The normalized spacial score (nSPS) is 39.4. The first-order chi connectivity index (χ1) is 15.7. The second-order valence-corrected chi connectivity index (χ2v) is 11.6. The van der Waals surface area contributed by atoms with Crippen molar-refractivity contribution in [3.63, 3.8) is 0 Å². The number of nitrogens with zero attached hydrogens (tertiary/aromatic N) is 1. The van der Waals surface area contributed by atoms with Crippen molar-refractivity contribution in [2.75, 3.05) is 32.2 Å². The molecule has 5 aliphatic rings. The average molecular weight is 452 g/mol. The van der Waals surface area contributed by atoms with Gasteiger partial charge in [-0.2, -0.15) is 0 Å². The summed E-state index contributed by atoms with van der Waals surface area (Å²) in [4.78, 5) is 15.3. The molecule has 5 atom stereocenters. The van der Waals surface area contributed by atoms with Crippen LogP contribution >= 0.6 is 0 Å². The minimum Gasteiger partial charge on any atom is -0.385 e. The Labute approximate surface area is 197 Å². The van der Waals surface area contributed by atoms with Crippen LogP contribution in [0.3, 0.4) is 0 Å². The molecule has 5 heteroatoms. The molecule has 4 fully saturated rings. The maximum atomic E-state index is 13.1. The zero-order chi connectivity index (χ0) is 23.0. The second kappa shape index (κ2) is 7.40. The maximum Gasteiger partial charge on any atom is 0.171 e. The summed E-state index contributed by atoms with van der Waals surface area (Å²) in [5, 5.41) is 12.0. The molecule has 6 rings (SSSR count). The van der Waals surface area contributed by atoms with Gasteiger partial charge in [-0.3, -0.25) is 4.79 Å². The van der Waals surface area contributed by atoms with Crippen molar-refractivity contribution in [1.29, 1.82) is 0 Å². The molecule has 0 amide bonds. The van der Waals surface area contributed by atoms with E-state index in [1.807, 2.05) is 0 Å². The Bertz CT molecular complexity index is 992. The van der Waals surface area contributed by atoms with E-state index in [0.717, 1.165) is 38.5 Å². The highest BCUT2D eigenvalue weighted by Gasteiger charge is 2.60. The fraction of sp³-hybridized carbons (Fsp3) is 0.679. The molecule has 5 nitrogen and oxygen atoms in total. The Balaban J connectivity index is 1.46. The number of ether oxygens (including phenoxy) is 2. The van der Waals surface area contributed by atoms with Crippen molar-refractivity contribution >= 4 is 11.5 Å². The van der Waals surface area contributed by atoms with Crippen LogP contribution in [-0.2, 0) is 14.3 Å². The number of carbonyl (C=O) groups excluding carboxylic acids is 1. The summed E-state index contributed by atoms with van der Waals surface area (Å²) >= 11 is 0. The summed E-state index contributed by atoms with van der Waals surface area (Å²) < 4.78 is 12.0. The first-order valence-electron chi connectivity index (χ1n) is 12.8. The Morgan fingerprint density at radius 1 is 1.03 bits per heavy atom. The minimum absolute atomic E-state index is 0.191. The van der Waals surface area contributed by atoms with E-state index in [0.29, 0.717) is 43.7 Å². The summed E-state index contributed by atoms with van der Waals surface area (Å²) in [5.74, 6) is 0.826. The molecule has 4 unspecified atom stereocenters. The topological polar surface area (TPSA) is 59.0 Å². The Morgan fingerprint density at radius 2 is 1.76 bits per heavy atom. The fourth-order valence-corrected chi connectivity index (χ4v) is 8.09. The van der Waals surface area contributed by atoms with Crippen LogP contribution in [-0.4, -0.2) is 49.6 Å². The Kier molecular flexibility index (Phi) is 4.89. The van der Waals surface area contributed by atoms with Gasteiger partial charge < -0.3 is 19.5 Å². The SMILES string of the molecule is CN(C)c1ccc(C2CC3(C)C(=O)CCC3C3CC[C@@]4(O)CC5(CCC4=C23)OCCO5)cc1. The number of fused-ring (bicyclic) bond motifs is 4. The van der Waals surface area contributed by atoms with Gasteiger partial charge in [0, 0.05) is 50.4 Å². The van der Waals surface area contributed by atoms with E-state index >= 15 is 0 Å². The molecule has 0 aromatic heterocycles.